The fraction of sp³-hybridized carbons (Fsp3) is 0.105. The van der Waals surface area contributed by atoms with Gasteiger partial charge in [-0.15, -0.1) is 0 Å². The molecule has 0 bridgehead atoms. The average molecular weight is 371 g/mol. The van der Waals surface area contributed by atoms with Crippen LogP contribution < -0.4 is 11.1 Å². The van der Waals surface area contributed by atoms with Gasteiger partial charge >= 0.3 is 0 Å². The second kappa shape index (κ2) is 7.77. The lowest BCUT2D eigenvalue weighted by molar-refractivity contribution is -0.116. The van der Waals surface area contributed by atoms with E-state index in [0.29, 0.717) is 11.3 Å². The van der Waals surface area contributed by atoms with Crippen LogP contribution in [0.25, 0.3) is 11.3 Å². The number of halogens is 2. The number of benzene rings is 2. The lowest BCUT2D eigenvalue weighted by atomic mass is 10.2. The topological polar surface area (TPSA) is 98.2 Å². The van der Waals surface area contributed by atoms with E-state index in [1.807, 2.05) is 0 Å². The van der Waals surface area contributed by atoms with Gasteiger partial charge in [0.15, 0.2) is 11.7 Å². The highest BCUT2D eigenvalue weighted by molar-refractivity contribution is 5.94. The molecule has 0 saturated carbocycles. The molecule has 0 unspecified atom stereocenters. The van der Waals surface area contributed by atoms with Gasteiger partial charge in [-0.3, -0.25) is 9.59 Å². The van der Waals surface area contributed by atoms with E-state index in [-0.39, 0.29) is 36.0 Å². The van der Waals surface area contributed by atoms with Crippen LogP contribution in [0.2, 0.25) is 0 Å². The van der Waals surface area contributed by atoms with E-state index in [2.05, 4.69) is 10.3 Å². The zero-order valence-electron chi connectivity index (χ0n) is 14.0. The molecule has 138 valence electrons. The third kappa shape index (κ3) is 4.55. The van der Waals surface area contributed by atoms with Crippen molar-refractivity contribution in [2.45, 2.75) is 12.8 Å². The molecule has 27 heavy (non-hydrogen) atoms. The van der Waals surface area contributed by atoms with E-state index >= 15 is 0 Å². The lowest BCUT2D eigenvalue weighted by Gasteiger charge is -2.05. The molecule has 0 fully saturated rings. The van der Waals surface area contributed by atoms with Gasteiger partial charge in [-0.1, -0.05) is 0 Å². The average Bonchev–Trinajstić information content (AvgIpc) is 3.09. The predicted molar refractivity (Wildman–Crippen MR) is 93.8 cm³/mol. The van der Waals surface area contributed by atoms with Crippen LogP contribution in [0.4, 0.5) is 14.5 Å². The van der Waals surface area contributed by atoms with Gasteiger partial charge in [-0.25, -0.2) is 13.8 Å². The number of hydrogen-bond acceptors (Lipinski definition) is 4. The van der Waals surface area contributed by atoms with Gasteiger partial charge in [0, 0.05) is 30.2 Å². The Morgan fingerprint density at radius 1 is 1.11 bits per heavy atom. The van der Waals surface area contributed by atoms with Crippen LogP contribution >= 0.6 is 0 Å². The number of nitrogens with two attached hydrogens (primary N) is 1. The second-order valence-electron chi connectivity index (χ2n) is 5.73. The second-order valence-corrected chi connectivity index (χ2v) is 5.73. The maximum atomic E-state index is 13.8. The third-order valence-corrected chi connectivity index (χ3v) is 3.77. The Bertz CT molecular complexity index is 984. The summed E-state index contributed by atoms with van der Waals surface area (Å²) < 4.78 is 32.2. The lowest BCUT2D eigenvalue weighted by Crippen LogP contribution is -2.13. The van der Waals surface area contributed by atoms with Crippen molar-refractivity contribution in [3.8, 4) is 11.3 Å². The van der Waals surface area contributed by atoms with Crippen LogP contribution in [0.15, 0.2) is 53.1 Å². The monoisotopic (exact) mass is 371 g/mol. The number of hydrogen-bond donors (Lipinski definition) is 2. The molecule has 0 aliphatic carbocycles. The van der Waals surface area contributed by atoms with Crippen molar-refractivity contribution in [2.75, 3.05) is 5.32 Å². The highest BCUT2D eigenvalue weighted by atomic mass is 19.1. The zero-order valence-corrected chi connectivity index (χ0v) is 14.0. The van der Waals surface area contributed by atoms with E-state index < -0.39 is 17.5 Å². The van der Waals surface area contributed by atoms with Crippen molar-refractivity contribution >= 4 is 17.5 Å². The van der Waals surface area contributed by atoms with Crippen molar-refractivity contribution in [1.82, 2.24) is 4.98 Å². The molecule has 0 radical (unpaired) electrons. The van der Waals surface area contributed by atoms with Crippen LogP contribution in [0, 0.1) is 11.6 Å². The number of oxazole rings is 1. The Labute approximate surface area is 153 Å². The van der Waals surface area contributed by atoms with Crippen LogP contribution in [0.5, 0.6) is 0 Å². The molecule has 2 amide bonds. The van der Waals surface area contributed by atoms with Crippen molar-refractivity contribution in [3.63, 3.8) is 0 Å². The van der Waals surface area contributed by atoms with Gasteiger partial charge in [0.1, 0.15) is 11.6 Å². The summed E-state index contributed by atoms with van der Waals surface area (Å²) in [4.78, 5) is 27.0. The molecule has 0 aliphatic heterocycles. The van der Waals surface area contributed by atoms with Gasteiger partial charge in [0.2, 0.25) is 11.8 Å². The van der Waals surface area contributed by atoms with Crippen LogP contribution in [-0.4, -0.2) is 16.8 Å². The standard InChI is InChI=1S/C19H15F2N3O3/c20-12-3-6-14(15(21)9-12)16-10-23-18(27-16)8-7-17(25)24-13-4-1-11(2-5-13)19(22)26/h1-6,9-10H,7-8H2,(H2,22,26)(H,24,25). The first-order valence-corrected chi connectivity index (χ1v) is 8.02. The minimum Gasteiger partial charge on any atom is -0.441 e. The molecular formula is C19H15F2N3O3. The van der Waals surface area contributed by atoms with Gasteiger partial charge in [0.05, 0.1) is 11.8 Å². The van der Waals surface area contributed by atoms with Crippen LogP contribution in [0.3, 0.4) is 0 Å². The number of carbonyl (C=O) groups is 2. The molecule has 0 aliphatic rings. The summed E-state index contributed by atoms with van der Waals surface area (Å²) in [5.74, 6) is -1.86. The first-order valence-electron chi connectivity index (χ1n) is 8.02. The van der Waals surface area contributed by atoms with E-state index in [9.17, 15) is 18.4 Å². The molecule has 6 nitrogen and oxygen atoms in total. The molecule has 0 atom stereocenters. The normalized spacial score (nSPS) is 10.6. The Balaban J connectivity index is 1.58. The fourth-order valence-electron chi connectivity index (χ4n) is 2.40. The summed E-state index contributed by atoms with van der Waals surface area (Å²) in [6, 6.07) is 9.30. The summed E-state index contributed by atoms with van der Waals surface area (Å²) >= 11 is 0. The van der Waals surface area contributed by atoms with Gasteiger partial charge in [-0.2, -0.15) is 0 Å². The van der Waals surface area contributed by atoms with Crippen molar-refractivity contribution in [3.05, 3.63) is 71.8 Å². The molecule has 2 aromatic carbocycles. The number of aromatic nitrogens is 1. The molecule has 0 spiro atoms. The highest BCUT2D eigenvalue weighted by Gasteiger charge is 2.13. The maximum absolute atomic E-state index is 13.8. The fourth-order valence-corrected chi connectivity index (χ4v) is 2.40. The van der Waals surface area contributed by atoms with Gasteiger partial charge in [0.25, 0.3) is 0 Å². The number of carbonyl (C=O) groups excluding carboxylic acids is 2. The highest BCUT2D eigenvalue weighted by Crippen LogP contribution is 2.24. The third-order valence-electron chi connectivity index (χ3n) is 3.77. The smallest absolute Gasteiger partial charge is 0.248 e. The number of anilines is 1. The molecule has 0 saturated heterocycles. The number of nitrogens with one attached hydrogen (secondary N) is 1. The zero-order chi connectivity index (χ0) is 19.4. The summed E-state index contributed by atoms with van der Waals surface area (Å²) in [7, 11) is 0. The largest absolute Gasteiger partial charge is 0.441 e. The van der Waals surface area contributed by atoms with E-state index in [1.165, 1.54) is 24.4 Å². The van der Waals surface area contributed by atoms with Crippen molar-refractivity contribution in [2.24, 2.45) is 5.73 Å². The van der Waals surface area contributed by atoms with Crippen molar-refractivity contribution < 1.29 is 22.8 Å². The molecule has 3 aromatic rings. The molecule has 1 aromatic heterocycles. The van der Waals surface area contributed by atoms with Crippen molar-refractivity contribution in [1.29, 1.82) is 0 Å². The molecule has 1 heterocycles. The minimum absolute atomic E-state index is 0.0867. The minimum atomic E-state index is -0.755. The molecule has 8 heteroatoms. The summed E-state index contributed by atoms with van der Waals surface area (Å²) in [5.41, 5.74) is 6.10. The SMILES string of the molecule is NC(=O)c1ccc(NC(=O)CCc2ncc(-c3ccc(F)cc3F)o2)cc1. The van der Waals surface area contributed by atoms with Crippen LogP contribution in [0.1, 0.15) is 22.7 Å². The quantitative estimate of drug-likeness (QED) is 0.695. The molecular weight excluding hydrogens is 356 g/mol. The van der Waals surface area contributed by atoms with E-state index in [4.69, 9.17) is 10.2 Å². The summed E-state index contributed by atoms with van der Waals surface area (Å²) in [6.07, 6.45) is 1.61. The Kier molecular flexibility index (Phi) is 5.25. The number of aryl methyl sites for hydroxylation is 1. The van der Waals surface area contributed by atoms with Gasteiger partial charge < -0.3 is 15.5 Å². The summed E-state index contributed by atoms with van der Waals surface area (Å²) in [6.45, 7) is 0. The van der Waals surface area contributed by atoms with Gasteiger partial charge in [-0.05, 0) is 36.4 Å². The van der Waals surface area contributed by atoms with Crippen LogP contribution in [-0.2, 0) is 11.2 Å². The Morgan fingerprint density at radius 3 is 2.52 bits per heavy atom. The first-order chi connectivity index (χ1) is 12.9. The number of nitrogens with zero attached hydrogens (tertiary/aromatic N) is 1. The number of primary amides is 1. The van der Waals surface area contributed by atoms with E-state index in [1.54, 1.807) is 12.1 Å². The Hall–Kier alpha value is -3.55. The summed E-state index contributed by atoms with van der Waals surface area (Å²) in [5, 5.41) is 2.67. The predicted octanol–water partition coefficient (Wildman–Crippen LogP) is 3.29. The maximum Gasteiger partial charge on any atom is 0.248 e. The molecule has 3 rings (SSSR count). The number of amides is 2. The van der Waals surface area contributed by atoms with E-state index in [0.717, 1.165) is 12.1 Å². The number of rotatable bonds is 6. The first kappa shape index (κ1) is 18.2. The molecule has 3 N–H and O–H groups in total. The Morgan fingerprint density at radius 2 is 1.85 bits per heavy atom.